The number of nitrogens with zero attached hydrogens (tertiary/aromatic N) is 3. The van der Waals surface area contributed by atoms with Crippen LogP contribution in [-0.4, -0.2) is 31.0 Å². The van der Waals surface area contributed by atoms with Gasteiger partial charge in [0.05, 0.1) is 17.6 Å². The number of aliphatic hydroxyl groups excluding tert-OH is 1. The summed E-state index contributed by atoms with van der Waals surface area (Å²) in [6, 6.07) is 26.8. The molecule has 0 bridgehead atoms. The average molecular weight is 388 g/mol. The monoisotopic (exact) mass is 387 g/mol. The zero-order valence-corrected chi connectivity index (χ0v) is 17.2. The van der Waals surface area contributed by atoms with Crippen molar-refractivity contribution in [3.63, 3.8) is 0 Å². The molecule has 0 heterocycles. The molecule has 1 N–H and O–H groups in total. The lowest BCUT2D eigenvalue weighted by molar-refractivity contribution is 0.299. The number of aliphatic hydroxyl groups is 1. The van der Waals surface area contributed by atoms with Gasteiger partial charge in [-0.1, -0.05) is 42.5 Å². The molecule has 4 heteroatoms. The second kappa shape index (κ2) is 10.4. The van der Waals surface area contributed by atoms with E-state index in [2.05, 4.69) is 43.0 Å². The van der Waals surface area contributed by atoms with Gasteiger partial charge in [0.2, 0.25) is 0 Å². The zero-order valence-electron chi connectivity index (χ0n) is 17.2. The largest absolute Gasteiger partial charge is 0.396 e. The quantitative estimate of drug-likeness (QED) is 0.403. The SMILES string of the molecule is CCN(CC)c1ccc(C=NN(c2ccccc2)c2ccc(CCO)cc2)cc1. The third kappa shape index (κ3) is 5.46. The summed E-state index contributed by atoms with van der Waals surface area (Å²) >= 11 is 0. The third-order valence-corrected chi connectivity index (χ3v) is 4.93. The first kappa shape index (κ1) is 20.6. The molecule has 3 rings (SSSR count). The van der Waals surface area contributed by atoms with Crippen molar-refractivity contribution in [2.75, 3.05) is 29.6 Å². The van der Waals surface area contributed by atoms with E-state index in [1.807, 2.05) is 65.8 Å². The fourth-order valence-electron chi connectivity index (χ4n) is 3.27. The Morgan fingerprint density at radius 1 is 0.759 bits per heavy atom. The summed E-state index contributed by atoms with van der Waals surface area (Å²) in [4.78, 5) is 2.32. The molecule has 0 spiro atoms. The van der Waals surface area contributed by atoms with Gasteiger partial charge >= 0.3 is 0 Å². The second-order valence-corrected chi connectivity index (χ2v) is 6.80. The van der Waals surface area contributed by atoms with E-state index in [0.717, 1.165) is 35.6 Å². The van der Waals surface area contributed by atoms with Crippen molar-refractivity contribution in [2.24, 2.45) is 5.10 Å². The molecule has 29 heavy (non-hydrogen) atoms. The van der Waals surface area contributed by atoms with Crippen LogP contribution in [0.25, 0.3) is 0 Å². The first-order valence-corrected chi connectivity index (χ1v) is 10.2. The van der Waals surface area contributed by atoms with Gasteiger partial charge in [0.1, 0.15) is 0 Å². The number of hydrazone groups is 1. The van der Waals surface area contributed by atoms with Gasteiger partial charge < -0.3 is 10.0 Å². The van der Waals surface area contributed by atoms with Crippen LogP contribution in [0.15, 0.2) is 84.0 Å². The Balaban J connectivity index is 1.85. The first-order chi connectivity index (χ1) is 14.2. The van der Waals surface area contributed by atoms with Gasteiger partial charge in [-0.2, -0.15) is 5.10 Å². The highest BCUT2D eigenvalue weighted by Crippen LogP contribution is 2.26. The van der Waals surface area contributed by atoms with Crippen molar-refractivity contribution < 1.29 is 5.11 Å². The van der Waals surface area contributed by atoms with Crippen LogP contribution in [0.4, 0.5) is 17.1 Å². The Morgan fingerprint density at radius 3 is 1.93 bits per heavy atom. The van der Waals surface area contributed by atoms with Gasteiger partial charge in [-0.25, -0.2) is 5.01 Å². The molecule has 0 aliphatic rings. The highest BCUT2D eigenvalue weighted by Gasteiger charge is 2.08. The van der Waals surface area contributed by atoms with Crippen molar-refractivity contribution >= 4 is 23.3 Å². The van der Waals surface area contributed by atoms with E-state index in [-0.39, 0.29) is 6.61 Å². The summed E-state index contributed by atoms with van der Waals surface area (Å²) in [5, 5.41) is 15.8. The fourth-order valence-corrected chi connectivity index (χ4v) is 3.27. The molecular formula is C25H29N3O. The molecule has 150 valence electrons. The Bertz CT molecular complexity index is 886. The van der Waals surface area contributed by atoms with Gasteiger partial charge in [0.25, 0.3) is 0 Å². The van der Waals surface area contributed by atoms with Gasteiger partial charge in [-0.15, -0.1) is 0 Å². The van der Waals surface area contributed by atoms with Crippen molar-refractivity contribution in [3.05, 3.63) is 90.0 Å². The van der Waals surface area contributed by atoms with E-state index in [1.165, 1.54) is 5.69 Å². The van der Waals surface area contributed by atoms with Crippen LogP contribution >= 0.6 is 0 Å². The van der Waals surface area contributed by atoms with Crippen LogP contribution < -0.4 is 9.91 Å². The molecule has 0 saturated heterocycles. The number of benzene rings is 3. The number of hydrogen-bond acceptors (Lipinski definition) is 4. The summed E-state index contributed by atoms with van der Waals surface area (Å²) in [5.41, 5.74) is 5.37. The highest BCUT2D eigenvalue weighted by atomic mass is 16.2. The minimum atomic E-state index is 0.156. The number of rotatable bonds is 9. The Labute approximate surface area is 173 Å². The summed E-state index contributed by atoms with van der Waals surface area (Å²) in [5.74, 6) is 0. The predicted octanol–water partition coefficient (Wildman–Crippen LogP) is 5.24. The minimum absolute atomic E-state index is 0.156. The number of anilines is 3. The van der Waals surface area contributed by atoms with E-state index in [1.54, 1.807) is 0 Å². The molecule has 0 aliphatic heterocycles. The first-order valence-electron chi connectivity index (χ1n) is 10.2. The molecule has 0 saturated carbocycles. The third-order valence-electron chi connectivity index (χ3n) is 4.93. The lowest BCUT2D eigenvalue weighted by atomic mass is 10.1. The summed E-state index contributed by atoms with van der Waals surface area (Å²) in [6.07, 6.45) is 2.55. The van der Waals surface area contributed by atoms with Crippen LogP contribution in [0.3, 0.4) is 0 Å². The lowest BCUT2D eigenvalue weighted by Gasteiger charge is -2.21. The Hall–Kier alpha value is -3.11. The molecule has 0 fully saturated rings. The molecule has 0 unspecified atom stereocenters. The van der Waals surface area contributed by atoms with Crippen LogP contribution in [0.2, 0.25) is 0 Å². The number of para-hydroxylation sites is 1. The molecule has 0 aromatic heterocycles. The van der Waals surface area contributed by atoms with Gasteiger partial charge in [0.15, 0.2) is 0 Å². The standard InChI is InChI=1S/C25H29N3O/c1-3-27(4-2)23-14-12-22(13-15-23)20-26-28(24-8-6-5-7-9-24)25-16-10-21(11-17-25)18-19-29/h5-17,20,29H,3-4,18-19H2,1-2H3. The molecule has 0 amide bonds. The van der Waals surface area contributed by atoms with E-state index in [0.29, 0.717) is 6.42 Å². The van der Waals surface area contributed by atoms with Crippen LogP contribution in [0, 0.1) is 0 Å². The van der Waals surface area contributed by atoms with Crippen molar-refractivity contribution in [1.82, 2.24) is 0 Å². The van der Waals surface area contributed by atoms with Gasteiger partial charge in [0, 0.05) is 25.4 Å². The average Bonchev–Trinajstić information content (AvgIpc) is 2.78. The fraction of sp³-hybridized carbons (Fsp3) is 0.240. The molecule has 0 aliphatic carbocycles. The maximum absolute atomic E-state index is 9.13. The molecular weight excluding hydrogens is 358 g/mol. The van der Waals surface area contributed by atoms with Crippen molar-refractivity contribution in [1.29, 1.82) is 0 Å². The molecule has 3 aromatic rings. The summed E-state index contributed by atoms with van der Waals surface area (Å²) in [7, 11) is 0. The maximum Gasteiger partial charge on any atom is 0.0652 e. The second-order valence-electron chi connectivity index (χ2n) is 6.80. The summed E-state index contributed by atoms with van der Waals surface area (Å²) in [6.45, 7) is 6.49. The molecule has 4 nitrogen and oxygen atoms in total. The van der Waals surface area contributed by atoms with Gasteiger partial charge in [-0.3, -0.25) is 0 Å². The Morgan fingerprint density at radius 2 is 1.34 bits per heavy atom. The van der Waals surface area contributed by atoms with E-state index < -0.39 is 0 Å². The van der Waals surface area contributed by atoms with Crippen LogP contribution in [0.5, 0.6) is 0 Å². The zero-order chi connectivity index (χ0) is 20.5. The smallest absolute Gasteiger partial charge is 0.0652 e. The Kier molecular flexibility index (Phi) is 7.42. The maximum atomic E-state index is 9.13. The van der Waals surface area contributed by atoms with Gasteiger partial charge in [-0.05, 0) is 67.8 Å². The normalized spacial score (nSPS) is 11.0. The minimum Gasteiger partial charge on any atom is -0.396 e. The van der Waals surface area contributed by atoms with E-state index in [9.17, 15) is 0 Å². The van der Waals surface area contributed by atoms with Crippen LogP contribution in [-0.2, 0) is 6.42 Å². The van der Waals surface area contributed by atoms with Crippen molar-refractivity contribution in [2.45, 2.75) is 20.3 Å². The molecule has 0 radical (unpaired) electrons. The molecule has 0 atom stereocenters. The predicted molar refractivity (Wildman–Crippen MR) is 123 cm³/mol. The van der Waals surface area contributed by atoms with E-state index >= 15 is 0 Å². The van der Waals surface area contributed by atoms with Crippen molar-refractivity contribution in [3.8, 4) is 0 Å². The topological polar surface area (TPSA) is 39.1 Å². The highest BCUT2D eigenvalue weighted by molar-refractivity contribution is 5.82. The summed E-state index contributed by atoms with van der Waals surface area (Å²) < 4.78 is 0. The van der Waals surface area contributed by atoms with E-state index in [4.69, 9.17) is 10.2 Å². The lowest BCUT2D eigenvalue weighted by Crippen LogP contribution is -2.21. The molecule has 3 aromatic carbocycles. The van der Waals surface area contributed by atoms with Crippen LogP contribution in [0.1, 0.15) is 25.0 Å². The number of hydrogen-bond donors (Lipinski definition) is 1.